The zero-order chi connectivity index (χ0) is 18.4. The van der Waals surface area contributed by atoms with Crippen molar-refractivity contribution in [2.24, 2.45) is 0 Å². The van der Waals surface area contributed by atoms with Gasteiger partial charge in [-0.25, -0.2) is 9.97 Å². The average molecular weight is 428 g/mol. The summed E-state index contributed by atoms with van der Waals surface area (Å²) >= 11 is 16.0. The minimum Gasteiger partial charge on any atom is -0.369 e. The minimum atomic E-state index is 0.740. The molecular formula is C19H23Cl2N3S2. The number of fused-ring (bicyclic) bond motifs is 1. The lowest BCUT2D eigenvalue weighted by Gasteiger charge is -2.19. The third-order valence-electron chi connectivity index (χ3n) is 4.28. The largest absolute Gasteiger partial charge is 0.369 e. The first-order valence-corrected chi connectivity index (χ1v) is 11.9. The second kappa shape index (κ2) is 10.1. The Labute approximate surface area is 174 Å². The average Bonchev–Trinajstić information content (AvgIpc) is 2.64. The number of thioether (sulfide) groups is 2. The zero-order valence-corrected chi connectivity index (χ0v) is 18.0. The van der Waals surface area contributed by atoms with Crippen LogP contribution >= 0.6 is 46.7 Å². The first-order valence-electron chi connectivity index (χ1n) is 8.96. The van der Waals surface area contributed by atoms with Crippen LogP contribution in [0.3, 0.4) is 0 Å². The van der Waals surface area contributed by atoms with Crippen LogP contribution in [0.4, 0.5) is 5.82 Å². The molecule has 0 amide bonds. The number of aryl methyl sites for hydroxylation is 1. The second-order valence-electron chi connectivity index (χ2n) is 6.10. The quantitative estimate of drug-likeness (QED) is 0.312. The molecule has 1 aliphatic carbocycles. The third kappa shape index (κ3) is 5.22. The van der Waals surface area contributed by atoms with Gasteiger partial charge in [0.05, 0.1) is 5.69 Å². The Kier molecular flexibility index (Phi) is 7.79. The van der Waals surface area contributed by atoms with Crippen molar-refractivity contribution in [3.63, 3.8) is 0 Å². The number of anilines is 1. The van der Waals surface area contributed by atoms with Crippen LogP contribution in [0.5, 0.6) is 0 Å². The summed E-state index contributed by atoms with van der Waals surface area (Å²) in [6, 6.07) is 5.66. The van der Waals surface area contributed by atoms with Crippen LogP contribution in [-0.2, 0) is 18.6 Å². The molecule has 3 rings (SSSR count). The number of rotatable bonds is 8. The molecule has 0 atom stereocenters. The van der Waals surface area contributed by atoms with Gasteiger partial charge < -0.3 is 5.32 Å². The molecule has 0 unspecified atom stereocenters. The zero-order valence-electron chi connectivity index (χ0n) is 14.9. The van der Waals surface area contributed by atoms with Gasteiger partial charge in [-0.05, 0) is 49.1 Å². The lowest BCUT2D eigenvalue weighted by Crippen LogP contribution is -2.15. The molecule has 1 aliphatic rings. The van der Waals surface area contributed by atoms with Crippen LogP contribution in [0.25, 0.3) is 0 Å². The van der Waals surface area contributed by atoms with Crippen molar-refractivity contribution in [3.8, 4) is 0 Å². The van der Waals surface area contributed by atoms with Crippen molar-refractivity contribution in [1.82, 2.24) is 9.97 Å². The predicted octanol–water partition coefficient (Wildman–Crippen LogP) is 6.12. The maximum absolute atomic E-state index is 6.23. The SMILES string of the molecule is CCSc1nc2c(c(NCCSCc3c(Cl)cccc3Cl)n1)CCCC2. The summed E-state index contributed by atoms with van der Waals surface area (Å²) in [6.45, 7) is 3.00. The summed E-state index contributed by atoms with van der Waals surface area (Å²) in [5.74, 6) is 3.81. The highest BCUT2D eigenvalue weighted by Gasteiger charge is 2.17. The van der Waals surface area contributed by atoms with Crippen molar-refractivity contribution in [3.05, 3.63) is 45.1 Å². The van der Waals surface area contributed by atoms with Gasteiger partial charge in [0.2, 0.25) is 0 Å². The smallest absolute Gasteiger partial charge is 0.189 e. The van der Waals surface area contributed by atoms with Crippen molar-refractivity contribution in [1.29, 1.82) is 0 Å². The van der Waals surface area contributed by atoms with E-state index in [9.17, 15) is 0 Å². The van der Waals surface area contributed by atoms with E-state index in [0.717, 1.165) is 63.2 Å². The highest BCUT2D eigenvalue weighted by Crippen LogP contribution is 2.29. The lowest BCUT2D eigenvalue weighted by atomic mass is 9.96. The normalized spacial score (nSPS) is 13.5. The standard InChI is InChI=1S/C19H23Cl2N3S2/c1-2-26-19-23-17-9-4-3-6-13(17)18(24-19)22-10-11-25-12-14-15(20)7-5-8-16(14)21/h5,7-8H,2-4,6,9-12H2,1H3,(H,22,23,24). The van der Waals surface area contributed by atoms with E-state index in [-0.39, 0.29) is 0 Å². The van der Waals surface area contributed by atoms with E-state index < -0.39 is 0 Å². The Bertz CT molecular complexity index is 736. The first-order chi connectivity index (χ1) is 12.7. The molecule has 0 aliphatic heterocycles. The van der Waals surface area contributed by atoms with Gasteiger partial charge in [0.1, 0.15) is 5.82 Å². The molecular weight excluding hydrogens is 405 g/mol. The number of hydrogen-bond acceptors (Lipinski definition) is 5. The fourth-order valence-corrected chi connectivity index (χ4v) is 5.18. The lowest BCUT2D eigenvalue weighted by molar-refractivity contribution is 0.651. The molecule has 0 saturated heterocycles. The molecule has 7 heteroatoms. The Balaban J connectivity index is 1.57. The van der Waals surface area contributed by atoms with E-state index in [4.69, 9.17) is 33.2 Å². The summed E-state index contributed by atoms with van der Waals surface area (Å²) in [5.41, 5.74) is 3.57. The molecule has 0 radical (unpaired) electrons. The van der Waals surface area contributed by atoms with Gasteiger partial charge >= 0.3 is 0 Å². The fraction of sp³-hybridized carbons (Fsp3) is 0.474. The molecule has 1 heterocycles. The monoisotopic (exact) mass is 427 g/mol. The van der Waals surface area contributed by atoms with E-state index in [2.05, 4.69) is 12.2 Å². The number of benzene rings is 1. The maximum Gasteiger partial charge on any atom is 0.189 e. The van der Waals surface area contributed by atoms with Crippen LogP contribution < -0.4 is 5.32 Å². The van der Waals surface area contributed by atoms with E-state index in [1.807, 2.05) is 30.0 Å². The van der Waals surface area contributed by atoms with Gasteiger partial charge in [-0.1, -0.05) is 48.0 Å². The summed E-state index contributed by atoms with van der Waals surface area (Å²) < 4.78 is 0. The molecule has 0 saturated carbocycles. The summed E-state index contributed by atoms with van der Waals surface area (Å²) in [7, 11) is 0. The maximum atomic E-state index is 6.23. The summed E-state index contributed by atoms with van der Waals surface area (Å²) in [4.78, 5) is 9.49. The van der Waals surface area contributed by atoms with Crippen LogP contribution in [0, 0.1) is 0 Å². The number of halogens is 2. The number of nitrogens with zero attached hydrogens (tertiary/aromatic N) is 2. The van der Waals surface area contributed by atoms with Crippen molar-refractivity contribution in [2.45, 2.75) is 43.5 Å². The van der Waals surface area contributed by atoms with Crippen LogP contribution in [-0.4, -0.2) is 28.0 Å². The molecule has 2 aromatic rings. The third-order valence-corrected chi connectivity index (χ3v) is 6.71. The van der Waals surface area contributed by atoms with E-state index in [1.165, 1.54) is 24.1 Å². The van der Waals surface area contributed by atoms with Crippen LogP contribution in [0.1, 0.15) is 36.6 Å². The van der Waals surface area contributed by atoms with Crippen molar-refractivity contribution in [2.75, 3.05) is 23.4 Å². The predicted molar refractivity (Wildman–Crippen MR) is 116 cm³/mol. The van der Waals surface area contributed by atoms with Gasteiger partial charge in [-0.3, -0.25) is 0 Å². The first kappa shape index (κ1) is 20.1. The highest BCUT2D eigenvalue weighted by molar-refractivity contribution is 7.99. The summed E-state index contributed by atoms with van der Waals surface area (Å²) in [5, 5.41) is 5.91. The molecule has 1 N–H and O–H groups in total. The number of aromatic nitrogens is 2. The van der Waals surface area contributed by atoms with Crippen LogP contribution in [0.15, 0.2) is 23.4 Å². The topological polar surface area (TPSA) is 37.8 Å². The van der Waals surface area contributed by atoms with Crippen molar-refractivity contribution < 1.29 is 0 Å². The molecule has 0 fully saturated rings. The molecule has 3 nitrogen and oxygen atoms in total. The number of hydrogen-bond donors (Lipinski definition) is 1. The van der Waals surface area contributed by atoms with Crippen molar-refractivity contribution >= 4 is 52.5 Å². The summed E-state index contributed by atoms with van der Waals surface area (Å²) in [6.07, 6.45) is 4.61. The second-order valence-corrected chi connectivity index (χ2v) is 9.25. The van der Waals surface area contributed by atoms with E-state index in [1.54, 1.807) is 11.8 Å². The van der Waals surface area contributed by atoms with E-state index >= 15 is 0 Å². The fourth-order valence-electron chi connectivity index (χ4n) is 3.00. The Morgan fingerprint density at radius 1 is 1.12 bits per heavy atom. The number of nitrogens with one attached hydrogen (secondary N) is 1. The van der Waals surface area contributed by atoms with Gasteiger partial charge in [-0.2, -0.15) is 11.8 Å². The molecule has 1 aromatic heterocycles. The minimum absolute atomic E-state index is 0.740. The Morgan fingerprint density at radius 3 is 2.65 bits per heavy atom. The van der Waals surface area contributed by atoms with Gasteiger partial charge in [-0.15, -0.1) is 0 Å². The Morgan fingerprint density at radius 2 is 1.88 bits per heavy atom. The van der Waals surface area contributed by atoms with E-state index in [0.29, 0.717) is 0 Å². The van der Waals surface area contributed by atoms with Gasteiger partial charge in [0.25, 0.3) is 0 Å². The Hall–Kier alpha value is -0.620. The van der Waals surface area contributed by atoms with Crippen LogP contribution in [0.2, 0.25) is 10.0 Å². The van der Waals surface area contributed by atoms with Gasteiger partial charge in [0, 0.05) is 33.7 Å². The molecule has 0 spiro atoms. The highest BCUT2D eigenvalue weighted by atomic mass is 35.5. The molecule has 140 valence electrons. The molecule has 26 heavy (non-hydrogen) atoms. The van der Waals surface area contributed by atoms with Gasteiger partial charge in [0.15, 0.2) is 5.16 Å². The molecule has 0 bridgehead atoms. The molecule has 1 aromatic carbocycles.